The molecule has 0 aromatic carbocycles. The minimum atomic E-state index is -0.338. The molecule has 0 bridgehead atoms. The van der Waals surface area contributed by atoms with Crippen molar-refractivity contribution in [2.24, 2.45) is 7.05 Å². The van der Waals surface area contributed by atoms with Crippen molar-refractivity contribution in [3.8, 4) is 0 Å². The van der Waals surface area contributed by atoms with Crippen LogP contribution in [0.3, 0.4) is 0 Å². The molecule has 1 unspecified atom stereocenters. The largest absolute Gasteiger partial charge is 0.353 e. The molecular weight excluding hydrogens is 266 g/mol. The number of carbonyl (C=O) groups excluding carboxylic acids is 1. The van der Waals surface area contributed by atoms with E-state index in [1.165, 1.54) is 25.7 Å². The minimum absolute atomic E-state index is 0.00493. The molecule has 1 aromatic heterocycles. The van der Waals surface area contributed by atoms with Crippen LogP contribution in [-0.2, 0) is 11.8 Å². The summed E-state index contributed by atoms with van der Waals surface area (Å²) in [5.74, 6) is 0.00493. The van der Waals surface area contributed by atoms with Crippen LogP contribution in [0.1, 0.15) is 37.3 Å². The lowest BCUT2D eigenvalue weighted by molar-refractivity contribution is -0.123. The SMILES string of the molecule is CNC(C(=O)NCCN(C)C1CCCC1)c1cnn(C)c1. The van der Waals surface area contributed by atoms with Crippen LogP contribution in [0.2, 0.25) is 0 Å². The molecule has 2 rings (SSSR count). The van der Waals surface area contributed by atoms with Gasteiger partial charge < -0.3 is 15.5 Å². The number of hydrogen-bond acceptors (Lipinski definition) is 4. The van der Waals surface area contributed by atoms with Gasteiger partial charge in [-0.05, 0) is 26.9 Å². The number of amides is 1. The number of hydrogen-bond donors (Lipinski definition) is 2. The smallest absolute Gasteiger partial charge is 0.241 e. The molecule has 0 radical (unpaired) electrons. The second-order valence-electron chi connectivity index (χ2n) is 5.88. The van der Waals surface area contributed by atoms with Crippen molar-refractivity contribution in [2.45, 2.75) is 37.8 Å². The van der Waals surface area contributed by atoms with Crippen LogP contribution in [0.5, 0.6) is 0 Å². The molecule has 6 nitrogen and oxygen atoms in total. The average molecular weight is 293 g/mol. The third-order valence-corrected chi connectivity index (χ3v) is 4.32. The molecule has 1 atom stereocenters. The Kier molecular flexibility index (Phi) is 5.76. The Morgan fingerprint density at radius 2 is 2.24 bits per heavy atom. The van der Waals surface area contributed by atoms with Gasteiger partial charge in [0.2, 0.25) is 5.91 Å². The third kappa shape index (κ3) is 4.28. The summed E-state index contributed by atoms with van der Waals surface area (Å²) in [6.45, 7) is 1.59. The van der Waals surface area contributed by atoms with Gasteiger partial charge in [-0.3, -0.25) is 9.48 Å². The summed E-state index contributed by atoms with van der Waals surface area (Å²) in [7, 11) is 5.80. The lowest BCUT2D eigenvalue weighted by Crippen LogP contribution is -2.41. The molecular formula is C15H27N5O. The van der Waals surface area contributed by atoms with Crippen molar-refractivity contribution < 1.29 is 4.79 Å². The standard InChI is InChI=1S/C15H27N5O/c1-16-14(12-10-18-20(3)11-12)15(21)17-8-9-19(2)13-6-4-5-7-13/h10-11,13-14,16H,4-9H2,1-3H3,(H,17,21). The van der Waals surface area contributed by atoms with Crippen LogP contribution in [0.4, 0.5) is 0 Å². The maximum absolute atomic E-state index is 12.3. The van der Waals surface area contributed by atoms with Crippen molar-refractivity contribution in [3.63, 3.8) is 0 Å². The molecule has 1 aliphatic carbocycles. The van der Waals surface area contributed by atoms with Crippen LogP contribution < -0.4 is 10.6 Å². The van der Waals surface area contributed by atoms with Crippen molar-refractivity contribution in [2.75, 3.05) is 27.2 Å². The number of carbonyl (C=O) groups is 1. The first-order chi connectivity index (χ1) is 10.1. The molecule has 2 N–H and O–H groups in total. The number of nitrogens with zero attached hydrogens (tertiary/aromatic N) is 3. The van der Waals surface area contributed by atoms with Gasteiger partial charge in [-0.15, -0.1) is 0 Å². The topological polar surface area (TPSA) is 62.2 Å². The summed E-state index contributed by atoms with van der Waals surface area (Å²) in [4.78, 5) is 14.6. The lowest BCUT2D eigenvalue weighted by atomic mass is 10.1. The van der Waals surface area contributed by atoms with Crippen LogP contribution >= 0.6 is 0 Å². The minimum Gasteiger partial charge on any atom is -0.353 e. The molecule has 1 heterocycles. The van der Waals surface area contributed by atoms with Crippen LogP contribution in [-0.4, -0.2) is 53.8 Å². The van der Waals surface area contributed by atoms with Gasteiger partial charge >= 0.3 is 0 Å². The number of likely N-dealkylation sites (N-methyl/N-ethyl adjacent to an activating group) is 2. The highest BCUT2D eigenvalue weighted by atomic mass is 16.2. The second kappa shape index (κ2) is 7.56. The Morgan fingerprint density at radius 1 is 1.52 bits per heavy atom. The quantitative estimate of drug-likeness (QED) is 0.776. The normalized spacial score (nSPS) is 17.3. The first kappa shape index (κ1) is 16.0. The third-order valence-electron chi connectivity index (χ3n) is 4.32. The zero-order valence-electron chi connectivity index (χ0n) is 13.3. The highest BCUT2D eigenvalue weighted by Crippen LogP contribution is 2.21. The predicted octanol–water partition coefficient (Wildman–Crippen LogP) is 0.671. The van der Waals surface area contributed by atoms with E-state index in [0.29, 0.717) is 12.6 Å². The molecule has 0 spiro atoms. The van der Waals surface area contributed by atoms with E-state index in [-0.39, 0.29) is 11.9 Å². The van der Waals surface area contributed by atoms with Crippen LogP contribution in [0, 0.1) is 0 Å². The van der Waals surface area contributed by atoms with E-state index in [0.717, 1.165) is 12.1 Å². The van der Waals surface area contributed by atoms with Gasteiger partial charge in [-0.1, -0.05) is 12.8 Å². The highest BCUT2D eigenvalue weighted by molar-refractivity contribution is 5.82. The molecule has 0 aliphatic heterocycles. The molecule has 1 aromatic rings. The molecule has 1 amide bonds. The van der Waals surface area contributed by atoms with Crippen LogP contribution in [0.15, 0.2) is 12.4 Å². The molecule has 118 valence electrons. The number of rotatable bonds is 7. The van der Waals surface area contributed by atoms with Gasteiger partial charge in [0.1, 0.15) is 6.04 Å². The predicted molar refractivity (Wildman–Crippen MR) is 82.9 cm³/mol. The maximum atomic E-state index is 12.3. The van der Waals surface area contributed by atoms with Gasteiger partial charge in [0, 0.05) is 37.9 Å². The number of nitrogens with one attached hydrogen (secondary N) is 2. The Bertz CT molecular complexity index is 453. The number of aryl methyl sites for hydroxylation is 1. The van der Waals surface area contributed by atoms with Crippen molar-refractivity contribution in [1.29, 1.82) is 0 Å². The van der Waals surface area contributed by atoms with Gasteiger partial charge in [0.05, 0.1) is 6.20 Å². The second-order valence-corrected chi connectivity index (χ2v) is 5.88. The van der Waals surface area contributed by atoms with Crippen molar-refractivity contribution in [1.82, 2.24) is 25.3 Å². The van der Waals surface area contributed by atoms with E-state index < -0.39 is 0 Å². The Morgan fingerprint density at radius 3 is 2.81 bits per heavy atom. The van der Waals surface area contributed by atoms with Crippen molar-refractivity contribution in [3.05, 3.63) is 18.0 Å². The summed E-state index contributed by atoms with van der Waals surface area (Å²) in [6.07, 6.45) is 8.85. The Labute approximate surface area is 126 Å². The zero-order chi connectivity index (χ0) is 15.2. The fourth-order valence-corrected chi connectivity index (χ4v) is 3.02. The molecule has 1 fully saturated rings. The lowest BCUT2D eigenvalue weighted by Gasteiger charge is -2.24. The van der Waals surface area contributed by atoms with Gasteiger partial charge in [-0.25, -0.2) is 0 Å². The first-order valence-electron chi connectivity index (χ1n) is 7.75. The van der Waals surface area contributed by atoms with E-state index in [9.17, 15) is 4.79 Å². The fourth-order valence-electron chi connectivity index (χ4n) is 3.02. The average Bonchev–Trinajstić information content (AvgIpc) is 3.11. The summed E-state index contributed by atoms with van der Waals surface area (Å²) in [6, 6.07) is 0.357. The van der Waals surface area contributed by atoms with E-state index in [1.807, 2.05) is 13.2 Å². The van der Waals surface area contributed by atoms with E-state index in [4.69, 9.17) is 0 Å². The summed E-state index contributed by atoms with van der Waals surface area (Å²) in [5.41, 5.74) is 0.890. The summed E-state index contributed by atoms with van der Waals surface area (Å²) in [5, 5.41) is 10.2. The van der Waals surface area contributed by atoms with Crippen LogP contribution in [0.25, 0.3) is 0 Å². The molecule has 1 aliphatic rings. The van der Waals surface area contributed by atoms with Gasteiger partial charge in [-0.2, -0.15) is 5.10 Å². The Hall–Kier alpha value is -1.40. The molecule has 6 heteroatoms. The van der Waals surface area contributed by atoms with E-state index in [1.54, 1.807) is 17.9 Å². The Balaban J connectivity index is 1.77. The highest BCUT2D eigenvalue weighted by Gasteiger charge is 2.21. The number of aromatic nitrogens is 2. The van der Waals surface area contributed by atoms with Crippen molar-refractivity contribution >= 4 is 5.91 Å². The summed E-state index contributed by atoms with van der Waals surface area (Å²) < 4.78 is 1.71. The molecule has 1 saturated carbocycles. The molecule has 0 saturated heterocycles. The first-order valence-corrected chi connectivity index (χ1v) is 7.75. The monoisotopic (exact) mass is 293 g/mol. The zero-order valence-corrected chi connectivity index (χ0v) is 13.3. The van der Waals surface area contributed by atoms with E-state index >= 15 is 0 Å². The maximum Gasteiger partial charge on any atom is 0.241 e. The van der Waals surface area contributed by atoms with Gasteiger partial charge in [0.25, 0.3) is 0 Å². The molecule has 21 heavy (non-hydrogen) atoms. The van der Waals surface area contributed by atoms with Gasteiger partial charge in [0.15, 0.2) is 0 Å². The summed E-state index contributed by atoms with van der Waals surface area (Å²) >= 11 is 0. The van der Waals surface area contributed by atoms with E-state index in [2.05, 4.69) is 27.7 Å². The fraction of sp³-hybridized carbons (Fsp3) is 0.733.